The third-order valence-electron chi connectivity index (χ3n) is 3.40. The molecular weight excluding hydrogens is 399 g/mol. The van der Waals surface area contributed by atoms with Crippen molar-refractivity contribution < 1.29 is 41.6 Å². The molecule has 0 aromatic carbocycles. The first-order valence-corrected chi connectivity index (χ1v) is 10.3. The Morgan fingerprint density at radius 1 is 0.862 bits per heavy atom. The van der Waals surface area contributed by atoms with Gasteiger partial charge in [0.15, 0.2) is 0 Å². The van der Waals surface area contributed by atoms with Gasteiger partial charge in [0.2, 0.25) is 0 Å². The van der Waals surface area contributed by atoms with E-state index in [4.69, 9.17) is 18.8 Å². The molecule has 0 heterocycles. The Morgan fingerprint density at radius 3 is 1.72 bits per heavy atom. The molecule has 0 radical (unpaired) electrons. The molecule has 0 saturated carbocycles. The summed E-state index contributed by atoms with van der Waals surface area (Å²) in [6.45, 7) is 9.19. The molecule has 0 atom stereocenters. The second kappa shape index (κ2) is 15.3. The van der Waals surface area contributed by atoms with Crippen LogP contribution in [0.15, 0.2) is 24.3 Å². The van der Waals surface area contributed by atoms with Crippen molar-refractivity contribution in [2.75, 3.05) is 25.6 Å². The molecule has 0 rings (SSSR count). The van der Waals surface area contributed by atoms with Crippen molar-refractivity contribution in [1.29, 1.82) is 0 Å². The fourth-order valence-electron chi connectivity index (χ4n) is 1.81. The fraction of sp³-hybridized carbons (Fsp3) is 0.611. The molecule has 1 N–H and O–H groups in total. The molecule has 0 unspecified atom stereocenters. The van der Waals surface area contributed by atoms with Crippen molar-refractivity contribution in [3.63, 3.8) is 0 Å². The third kappa shape index (κ3) is 15.9. The van der Waals surface area contributed by atoms with E-state index in [-0.39, 0.29) is 55.6 Å². The molecule has 0 aliphatic heterocycles. The molecule has 0 aromatic heterocycles. The van der Waals surface area contributed by atoms with Crippen LogP contribution in [-0.2, 0) is 38.7 Å². The van der Waals surface area contributed by atoms with Crippen LogP contribution < -0.4 is 0 Å². The van der Waals surface area contributed by atoms with Crippen molar-refractivity contribution in [1.82, 2.24) is 0 Å². The van der Waals surface area contributed by atoms with Gasteiger partial charge >= 0.3 is 36.8 Å². The first-order valence-electron chi connectivity index (χ1n) is 8.71. The van der Waals surface area contributed by atoms with Gasteiger partial charge in [-0.3, -0.25) is 9.35 Å². The summed E-state index contributed by atoms with van der Waals surface area (Å²) < 4.78 is 44.8. The molecular formula is C18H29LiO9S. The van der Waals surface area contributed by atoms with Crippen LogP contribution in [-0.4, -0.2) is 75.3 Å². The van der Waals surface area contributed by atoms with E-state index < -0.39 is 33.9 Å². The van der Waals surface area contributed by atoms with Crippen molar-refractivity contribution in [2.45, 2.75) is 39.5 Å². The van der Waals surface area contributed by atoms with E-state index in [9.17, 15) is 22.8 Å². The van der Waals surface area contributed by atoms with Crippen LogP contribution in [0.2, 0.25) is 0 Å². The number of carbonyl (C=O) groups excluding carboxylic acids is 3. The van der Waals surface area contributed by atoms with Crippen molar-refractivity contribution in [3.8, 4) is 0 Å². The van der Waals surface area contributed by atoms with Crippen LogP contribution in [0.5, 0.6) is 0 Å². The van der Waals surface area contributed by atoms with E-state index in [1.807, 2.05) is 0 Å². The van der Waals surface area contributed by atoms with Gasteiger partial charge < -0.3 is 14.2 Å². The molecule has 0 saturated heterocycles. The summed E-state index contributed by atoms with van der Waals surface area (Å²) >= 11 is 0. The number of rotatable bonds is 14. The quantitative estimate of drug-likeness (QED) is 0.108. The van der Waals surface area contributed by atoms with Crippen LogP contribution in [0.25, 0.3) is 0 Å². The number of ether oxygens (including phenoxy) is 3. The summed E-state index contributed by atoms with van der Waals surface area (Å²) in [5, 5.41) is 0. The SMILES string of the molecule is C=C(C)C(=O)OCC(COC(=O)C(=C)C)C(=O)OCCCCCCS(=O)(=O)O.[LiH]. The minimum atomic E-state index is -3.96. The summed E-state index contributed by atoms with van der Waals surface area (Å²) in [6, 6.07) is 0. The second-order valence-electron chi connectivity index (χ2n) is 6.32. The van der Waals surface area contributed by atoms with Gasteiger partial charge in [-0.2, -0.15) is 8.42 Å². The number of unbranched alkanes of at least 4 members (excludes halogenated alkanes) is 3. The van der Waals surface area contributed by atoms with Gasteiger partial charge in [-0.25, -0.2) is 9.59 Å². The maximum atomic E-state index is 12.2. The number of esters is 3. The molecule has 162 valence electrons. The standard InChI is InChI=1S/C18H28O9S.Li.H/c1-13(2)16(19)26-11-15(12-27-17(20)14(3)4)18(21)25-9-7-5-6-8-10-28(22,23)24;;/h15H,1,3,5-12H2,2,4H3,(H,22,23,24);;. The van der Waals surface area contributed by atoms with Crippen LogP contribution >= 0.6 is 0 Å². The van der Waals surface area contributed by atoms with E-state index in [1.54, 1.807) is 0 Å². The summed E-state index contributed by atoms with van der Waals surface area (Å²) in [5.41, 5.74) is 0.326. The van der Waals surface area contributed by atoms with E-state index >= 15 is 0 Å². The van der Waals surface area contributed by atoms with E-state index in [0.717, 1.165) is 0 Å². The van der Waals surface area contributed by atoms with Crippen LogP contribution in [0, 0.1) is 5.92 Å². The van der Waals surface area contributed by atoms with Crippen molar-refractivity contribution in [3.05, 3.63) is 24.3 Å². The predicted molar refractivity (Wildman–Crippen MR) is 108 cm³/mol. The first kappa shape index (κ1) is 29.6. The molecule has 0 aromatic rings. The van der Waals surface area contributed by atoms with Gasteiger partial charge in [0.25, 0.3) is 10.1 Å². The Bertz CT molecular complexity index is 655. The zero-order valence-corrected chi connectivity index (χ0v) is 17.1. The Balaban J connectivity index is 0. The van der Waals surface area contributed by atoms with Gasteiger partial charge in [0.1, 0.15) is 19.1 Å². The van der Waals surface area contributed by atoms with Crippen LogP contribution in [0.4, 0.5) is 0 Å². The average molecular weight is 428 g/mol. The summed E-state index contributed by atoms with van der Waals surface area (Å²) in [4.78, 5) is 35.1. The molecule has 0 fully saturated rings. The summed E-state index contributed by atoms with van der Waals surface area (Å²) in [6.07, 6.45) is 1.94. The zero-order chi connectivity index (χ0) is 21.7. The molecule has 0 amide bonds. The Morgan fingerprint density at radius 2 is 1.31 bits per heavy atom. The average Bonchev–Trinajstić information content (AvgIpc) is 2.58. The van der Waals surface area contributed by atoms with Crippen LogP contribution in [0.1, 0.15) is 39.5 Å². The summed E-state index contributed by atoms with van der Waals surface area (Å²) in [7, 11) is -3.96. The predicted octanol–water partition coefficient (Wildman–Crippen LogP) is 1.18. The van der Waals surface area contributed by atoms with Gasteiger partial charge in [0.05, 0.1) is 12.4 Å². The summed E-state index contributed by atoms with van der Waals surface area (Å²) in [5.74, 6) is -3.35. The Hall–Kier alpha value is -1.60. The van der Waals surface area contributed by atoms with E-state index in [1.165, 1.54) is 13.8 Å². The molecule has 0 aliphatic carbocycles. The maximum absolute atomic E-state index is 12.2. The van der Waals surface area contributed by atoms with E-state index in [2.05, 4.69) is 13.2 Å². The Kier molecular flexibility index (Phi) is 15.6. The van der Waals surface area contributed by atoms with Crippen molar-refractivity contribution >= 4 is 46.9 Å². The van der Waals surface area contributed by atoms with Crippen LogP contribution in [0.3, 0.4) is 0 Å². The number of carbonyl (C=O) groups is 3. The molecule has 0 spiro atoms. The number of hydrogen-bond donors (Lipinski definition) is 1. The molecule has 11 heteroatoms. The second-order valence-corrected chi connectivity index (χ2v) is 7.89. The molecule has 0 bridgehead atoms. The molecule has 0 aliphatic rings. The van der Waals surface area contributed by atoms with E-state index in [0.29, 0.717) is 25.7 Å². The van der Waals surface area contributed by atoms with Crippen molar-refractivity contribution in [2.24, 2.45) is 5.92 Å². The normalized spacial score (nSPS) is 10.6. The third-order valence-corrected chi connectivity index (χ3v) is 4.21. The topological polar surface area (TPSA) is 133 Å². The Labute approximate surface area is 183 Å². The molecule has 29 heavy (non-hydrogen) atoms. The number of hydrogen-bond acceptors (Lipinski definition) is 8. The van der Waals surface area contributed by atoms with Gasteiger partial charge in [0, 0.05) is 11.1 Å². The van der Waals surface area contributed by atoms with Gasteiger partial charge in [-0.15, -0.1) is 0 Å². The fourth-order valence-corrected chi connectivity index (χ4v) is 2.38. The van der Waals surface area contributed by atoms with Gasteiger partial charge in [-0.05, 0) is 26.7 Å². The molecule has 9 nitrogen and oxygen atoms in total. The van der Waals surface area contributed by atoms with Gasteiger partial charge in [-0.1, -0.05) is 26.0 Å². The monoisotopic (exact) mass is 428 g/mol. The minimum absolute atomic E-state index is 0. The first-order chi connectivity index (χ1) is 12.9. The zero-order valence-electron chi connectivity index (χ0n) is 16.3.